The van der Waals surface area contributed by atoms with E-state index in [1.165, 1.54) is 29.8 Å². The largest absolute Gasteiger partial charge is 0.490 e. The lowest BCUT2D eigenvalue weighted by molar-refractivity contribution is -0.385. The Hall–Kier alpha value is -2.06. The third kappa shape index (κ3) is 4.76. The Labute approximate surface area is 160 Å². The van der Waals surface area contributed by atoms with E-state index in [1.54, 1.807) is 23.5 Å². The van der Waals surface area contributed by atoms with E-state index in [0.717, 1.165) is 18.4 Å². The van der Waals surface area contributed by atoms with Gasteiger partial charge in [-0.2, -0.15) is 0 Å². The number of amides is 1. The third-order valence-electron chi connectivity index (χ3n) is 4.15. The van der Waals surface area contributed by atoms with Gasteiger partial charge in [-0.05, 0) is 35.9 Å². The summed E-state index contributed by atoms with van der Waals surface area (Å²) in [5, 5.41) is 13.1. The monoisotopic (exact) mass is 392 g/mol. The van der Waals surface area contributed by atoms with Crippen molar-refractivity contribution in [2.45, 2.75) is 31.2 Å². The maximum atomic E-state index is 12.6. The second kappa shape index (κ2) is 8.55. The first-order valence-electron chi connectivity index (χ1n) is 8.29. The van der Waals surface area contributed by atoms with Crippen LogP contribution in [-0.4, -0.2) is 34.6 Å². The molecule has 1 fully saturated rings. The summed E-state index contributed by atoms with van der Waals surface area (Å²) in [6.45, 7) is 0.676. The fourth-order valence-electron chi connectivity index (χ4n) is 2.68. The summed E-state index contributed by atoms with van der Waals surface area (Å²) in [5.74, 6) is 1.31. The van der Waals surface area contributed by atoms with Gasteiger partial charge in [-0.3, -0.25) is 14.9 Å². The van der Waals surface area contributed by atoms with Gasteiger partial charge in [0.15, 0.2) is 5.75 Å². The van der Waals surface area contributed by atoms with Gasteiger partial charge in [0.25, 0.3) is 0 Å². The molecule has 1 aromatic carbocycles. The van der Waals surface area contributed by atoms with Crippen molar-refractivity contribution in [2.24, 2.45) is 0 Å². The molecule has 0 aliphatic heterocycles. The molecule has 2 aromatic rings. The maximum absolute atomic E-state index is 12.6. The lowest BCUT2D eigenvalue weighted by Gasteiger charge is -2.21. The van der Waals surface area contributed by atoms with Crippen LogP contribution in [0.25, 0.3) is 0 Å². The molecule has 8 heteroatoms. The highest BCUT2D eigenvalue weighted by Crippen LogP contribution is 2.31. The number of nitrogens with zero attached hydrogens (tertiary/aromatic N) is 2. The molecule has 1 amide bonds. The van der Waals surface area contributed by atoms with E-state index in [-0.39, 0.29) is 17.3 Å². The van der Waals surface area contributed by atoms with Crippen LogP contribution in [0.2, 0.25) is 0 Å². The van der Waals surface area contributed by atoms with Crippen LogP contribution in [0.15, 0.2) is 35.7 Å². The fraction of sp³-hybridized carbons (Fsp3) is 0.389. The van der Waals surface area contributed by atoms with Gasteiger partial charge >= 0.3 is 5.69 Å². The van der Waals surface area contributed by atoms with Crippen molar-refractivity contribution in [1.29, 1.82) is 0 Å². The quantitative estimate of drug-likeness (QED) is 0.475. The van der Waals surface area contributed by atoms with Gasteiger partial charge in [-0.25, -0.2) is 0 Å². The van der Waals surface area contributed by atoms with Gasteiger partial charge in [0.1, 0.15) is 0 Å². The van der Waals surface area contributed by atoms with Gasteiger partial charge in [0, 0.05) is 22.7 Å². The number of thiophene rings is 1. The van der Waals surface area contributed by atoms with Crippen LogP contribution in [0.4, 0.5) is 5.69 Å². The number of nitro groups is 1. The van der Waals surface area contributed by atoms with Crippen LogP contribution in [0.3, 0.4) is 0 Å². The number of rotatable bonds is 9. The van der Waals surface area contributed by atoms with Crippen molar-refractivity contribution < 1.29 is 14.5 Å². The van der Waals surface area contributed by atoms with Crippen molar-refractivity contribution in [2.75, 3.05) is 12.9 Å². The minimum Gasteiger partial charge on any atom is -0.490 e. The van der Waals surface area contributed by atoms with Crippen LogP contribution in [0.5, 0.6) is 5.75 Å². The maximum Gasteiger partial charge on any atom is 0.311 e. The lowest BCUT2D eigenvalue weighted by atomic mass is 10.2. The molecule has 0 bridgehead atoms. The van der Waals surface area contributed by atoms with Crippen molar-refractivity contribution in [3.05, 3.63) is 56.3 Å². The Morgan fingerprint density at radius 2 is 2.23 bits per heavy atom. The van der Waals surface area contributed by atoms with E-state index in [0.29, 0.717) is 24.1 Å². The normalized spacial score (nSPS) is 13.4. The predicted octanol–water partition coefficient (Wildman–Crippen LogP) is 4.09. The Morgan fingerprint density at radius 1 is 1.42 bits per heavy atom. The highest BCUT2D eigenvalue weighted by Gasteiger charge is 2.32. The first kappa shape index (κ1) is 18.7. The average molecular weight is 393 g/mol. The van der Waals surface area contributed by atoms with E-state index in [4.69, 9.17) is 4.74 Å². The Balaban J connectivity index is 1.55. The zero-order valence-electron chi connectivity index (χ0n) is 14.4. The van der Waals surface area contributed by atoms with Gasteiger partial charge in [-0.15, -0.1) is 23.1 Å². The minimum absolute atomic E-state index is 0.0470. The number of hydrogen-bond donors (Lipinski definition) is 0. The molecule has 1 saturated carbocycles. The number of carbonyl (C=O) groups is 1. The smallest absolute Gasteiger partial charge is 0.311 e. The number of methoxy groups -OCH3 is 1. The number of nitro benzene ring substituents is 1. The highest BCUT2D eigenvalue weighted by molar-refractivity contribution is 7.99. The van der Waals surface area contributed by atoms with E-state index < -0.39 is 4.92 Å². The van der Waals surface area contributed by atoms with E-state index in [2.05, 4.69) is 6.07 Å². The Kier molecular flexibility index (Phi) is 6.16. The number of hydrogen-bond acceptors (Lipinski definition) is 6. The molecule has 1 aliphatic rings. The summed E-state index contributed by atoms with van der Waals surface area (Å²) >= 11 is 3.15. The van der Waals surface area contributed by atoms with Crippen LogP contribution in [0.1, 0.15) is 23.3 Å². The molecule has 0 unspecified atom stereocenters. The molecule has 138 valence electrons. The summed E-state index contributed by atoms with van der Waals surface area (Å²) < 4.78 is 5.01. The van der Waals surface area contributed by atoms with Crippen molar-refractivity contribution in [3.8, 4) is 5.75 Å². The summed E-state index contributed by atoms with van der Waals surface area (Å²) in [6.07, 6.45) is 2.15. The number of carbonyl (C=O) groups excluding carboxylic acids is 1. The molecular weight excluding hydrogens is 372 g/mol. The molecule has 0 saturated heterocycles. The van der Waals surface area contributed by atoms with Gasteiger partial charge in [0.05, 0.1) is 24.3 Å². The molecule has 3 rings (SSSR count). The lowest BCUT2D eigenvalue weighted by Crippen LogP contribution is -2.33. The summed E-state index contributed by atoms with van der Waals surface area (Å²) in [4.78, 5) is 26.4. The van der Waals surface area contributed by atoms with E-state index in [1.807, 2.05) is 16.3 Å². The van der Waals surface area contributed by atoms with Crippen molar-refractivity contribution in [1.82, 2.24) is 4.90 Å². The fourth-order valence-corrected chi connectivity index (χ4v) is 4.25. The first-order valence-corrected chi connectivity index (χ1v) is 10.3. The molecule has 1 aromatic heterocycles. The first-order chi connectivity index (χ1) is 12.6. The van der Waals surface area contributed by atoms with Gasteiger partial charge in [-0.1, -0.05) is 12.1 Å². The molecule has 6 nitrogen and oxygen atoms in total. The molecule has 0 N–H and O–H groups in total. The third-order valence-corrected chi connectivity index (χ3v) is 6.00. The molecular formula is C18H20N2O4S2. The second-order valence-electron chi connectivity index (χ2n) is 6.09. The predicted molar refractivity (Wildman–Crippen MR) is 104 cm³/mol. The Morgan fingerprint density at radius 3 is 2.85 bits per heavy atom. The molecule has 1 aliphatic carbocycles. The average Bonchev–Trinajstić information content (AvgIpc) is 3.35. The summed E-state index contributed by atoms with van der Waals surface area (Å²) in [7, 11) is 1.41. The van der Waals surface area contributed by atoms with E-state index in [9.17, 15) is 14.9 Å². The van der Waals surface area contributed by atoms with Crippen LogP contribution in [-0.2, 0) is 17.1 Å². The number of benzene rings is 1. The molecule has 0 spiro atoms. The SMILES string of the molecule is COc1ccc(CSCC(=O)N(Cc2cccs2)C2CC2)cc1[N+](=O)[O-]. The van der Waals surface area contributed by atoms with Crippen molar-refractivity contribution >= 4 is 34.7 Å². The van der Waals surface area contributed by atoms with E-state index >= 15 is 0 Å². The minimum atomic E-state index is -0.450. The molecule has 1 heterocycles. The molecule has 26 heavy (non-hydrogen) atoms. The zero-order valence-corrected chi connectivity index (χ0v) is 16.1. The summed E-state index contributed by atoms with van der Waals surface area (Å²) in [5.41, 5.74) is 0.765. The second-order valence-corrected chi connectivity index (χ2v) is 8.11. The topological polar surface area (TPSA) is 72.7 Å². The molecule has 0 radical (unpaired) electrons. The Bertz CT molecular complexity index is 776. The molecule has 0 atom stereocenters. The zero-order chi connectivity index (χ0) is 18.5. The number of thioether (sulfide) groups is 1. The highest BCUT2D eigenvalue weighted by atomic mass is 32.2. The van der Waals surface area contributed by atoms with Gasteiger partial charge < -0.3 is 9.64 Å². The summed E-state index contributed by atoms with van der Waals surface area (Å²) in [6, 6.07) is 9.34. The number of ether oxygens (including phenoxy) is 1. The van der Waals surface area contributed by atoms with Crippen molar-refractivity contribution in [3.63, 3.8) is 0 Å². The van der Waals surface area contributed by atoms with Crippen LogP contribution >= 0.6 is 23.1 Å². The standard InChI is InChI=1S/C18H20N2O4S2/c1-24-17-7-4-13(9-16(17)20(22)23)11-25-12-18(21)19(14-5-6-14)10-15-3-2-8-26-15/h2-4,7-9,14H,5-6,10-12H2,1H3. The van der Waals surface area contributed by atoms with Crippen LogP contribution in [0, 0.1) is 10.1 Å². The van der Waals surface area contributed by atoms with Crippen LogP contribution < -0.4 is 4.74 Å². The van der Waals surface area contributed by atoms with Gasteiger partial charge in [0.2, 0.25) is 5.91 Å².